The maximum Gasteiger partial charge on any atom is 0.266 e. The van der Waals surface area contributed by atoms with E-state index >= 15 is 0 Å². The summed E-state index contributed by atoms with van der Waals surface area (Å²) in [7, 11) is 0. The van der Waals surface area contributed by atoms with E-state index < -0.39 is 5.92 Å². The maximum atomic E-state index is 12.3. The van der Waals surface area contributed by atoms with E-state index in [0.29, 0.717) is 6.54 Å². The molecule has 0 aromatic rings. The number of hydrogen-bond donors (Lipinski definition) is 0. The number of likely N-dealkylation sites (tertiary alicyclic amines) is 1. The minimum atomic E-state index is -2.48. The normalized spacial score (nSPS) is 24.4. The van der Waals surface area contributed by atoms with Crippen LogP contribution < -0.4 is 0 Å². The van der Waals surface area contributed by atoms with Crippen molar-refractivity contribution in [3.63, 3.8) is 0 Å². The molecule has 1 rings (SSSR count). The highest BCUT2D eigenvalue weighted by atomic mass is 19.3. The molecule has 0 radical (unpaired) electrons. The van der Waals surface area contributed by atoms with Crippen LogP contribution in [-0.4, -0.2) is 23.9 Å². The Kier molecular flexibility index (Phi) is 1.43. The van der Waals surface area contributed by atoms with Crippen LogP contribution in [0.15, 0.2) is 12.8 Å². The van der Waals surface area contributed by atoms with Crippen molar-refractivity contribution in [3.05, 3.63) is 12.8 Å². The Bertz CT molecular complexity index is 122. The number of alkyl halides is 2. The fraction of sp³-hybridized carbons (Fsp3) is 0.667. The lowest BCUT2D eigenvalue weighted by molar-refractivity contribution is 0.0162. The molecule has 0 unspecified atom stereocenters. The fourth-order valence-electron chi connectivity index (χ4n) is 0.918. The van der Waals surface area contributed by atoms with Gasteiger partial charge in [-0.05, 0) is 6.20 Å². The molecule has 0 saturated carbocycles. The van der Waals surface area contributed by atoms with Crippen LogP contribution in [0, 0.1) is 0 Å². The summed E-state index contributed by atoms with van der Waals surface area (Å²) in [5, 5.41) is 0. The second-order valence-corrected chi connectivity index (χ2v) is 2.26. The second kappa shape index (κ2) is 1.97. The average Bonchev–Trinajstić information content (AvgIpc) is 2.10. The van der Waals surface area contributed by atoms with Crippen LogP contribution in [0.5, 0.6) is 0 Å². The fourth-order valence-corrected chi connectivity index (χ4v) is 0.918. The third-order valence-corrected chi connectivity index (χ3v) is 1.46. The van der Waals surface area contributed by atoms with Crippen LogP contribution in [0.3, 0.4) is 0 Å². The molecular weight excluding hydrogens is 124 g/mol. The zero-order valence-corrected chi connectivity index (χ0v) is 5.11. The van der Waals surface area contributed by atoms with Crippen molar-refractivity contribution in [1.82, 2.24) is 4.90 Å². The van der Waals surface area contributed by atoms with Gasteiger partial charge in [-0.25, -0.2) is 8.78 Å². The third-order valence-electron chi connectivity index (χ3n) is 1.46. The Hall–Kier alpha value is -0.600. The molecule has 1 fully saturated rings. The lowest BCUT2D eigenvalue weighted by atomic mass is 10.3. The quantitative estimate of drug-likeness (QED) is 0.523. The molecule has 0 bridgehead atoms. The molecule has 1 saturated heterocycles. The summed E-state index contributed by atoms with van der Waals surface area (Å²) in [6.45, 7) is 3.69. The zero-order valence-electron chi connectivity index (χ0n) is 5.11. The maximum absolute atomic E-state index is 12.3. The molecule has 0 atom stereocenters. The van der Waals surface area contributed by atoms with Gasteiger partial charge in [0.15, 0.2) is 0 Å². The van der Waals surface area contributed by atoms with E-state index in [-0.39, 0.29) is 13.0 Å². The summed E-state index contributed by atoms with van der Waals surface area (Å²) in [6.07, 6.45) is 1.43. The van der Waals surface area contributed by atoms with Crippen molar-refractivity contribution in [2.45, 2.75) is 12.3 Å². The first kappa shape index (κ1) is 6.52. The van der Waals surface area contributed by atoms with Gasteiger partial charge in [0, 0.05) is 13.0 Å². The first-order chi connectivity index (χ1) is 4.14. The Morgan fingerprint density at radius 1 is 1.56 bits per heavy atom. The molecule has 0 spiro atoms. The van der Waals surface area contributed by atoms with Gasteiger partial charge < -0.3 is 4.90 Å². The molecule has 1 nitrogen and oxygen atoms in total. The molecule has 0 aromatic heterocycles. The highest BCUT2D eigenvalue weighted by Crippen LogP contribution is 2.26. The summed E-state index contributed by atoms with van der Waals surface area (Å²) in [4.78, 5) is 1.53. The molecule has 0 aliphatic carbocycles. The lowest BCUT2D eigenvalue weighted by Crippen LogP contribution is -2.20. The van der Waals surface area contributed by atoms with Crippen molar-refractivity contribution in [3.8, 4) is 0 Å². The summed E-state index contributed by atoms with van der Waals surface area (Å²) in [5.41, 5.74) is 0. The van der Waals surface area contributed by atoms with Gasteiger partial charge in [0.25, 0.3) is 5.92 Å². The Labute approximate surface area is 53.0 Å². The largest absolute Gasteiger partial charge is 0.372 e. The Morgan fingerprint density at radius 2 is 2.22 bits per heavy atom. The molecule has 1 heterocycles. The summed E-state index contributed by atoms with van der Waals surface area (Å²) < 4.78 is 24.6. The van der Waals surface area contributed by atoms with Crippen LogP contribution in [0.25, 0.3) is 0 Å². The van der Waals surface area contributed by atoms with E-state index in [1.165, 1.54) is 11.1 Å². The zero-order chi connectivity index (χ0) is 6.91. The van der Waals surface area contributed by atoms with Crippen molar-refractivity contribution >= 4 is 0 Å². The van der Waals surface area contributed by atoms with Gasteiger partial charge in [-0.3, -0.25) is 0 Å². The van der Waals surface area contributed by atoms with Gasteiger partial charge in [0.05, 0.1) is 6.54 Å². The van der Waals surface area contributed by atoms with E-state index in [4.69, 9.17) is 0 Å². The number of rotatable bonds is 1. The van der Waals surface area contributed by atoms with E-state index in [2.05, 4.69) is 6.58 Å². The van der Waals surface area contributed by atoms with Gasteiger partial charge in [-0.15, -0.1) is 0 Å². The third kappa shape index (κ3) is 1.40. The van der Waals surface area contributed by atoms with Crippen LogP contribution in [0.4, 0.5) is 8.78 Å². The predicted octanol–water partition coefficient (Wildman–Crippen LogP) is 1.47. The van der Waals surface area contributed by atoms with Crippen LogP contribution in [0.1, 0.15) is 6.42 Å². The smallest absolute Gasteiger partial charge is 0.266 e. The van der Waals surface area contributed by atoms with E-state index in [1.54, 1.807) is 0 Å². The molecule has 0 aromatic carbocycles. The highest BCUT2D eigenvalue weighted by molar-refractivity contribution is 4.86. The molecule has 1 aliphatic rings. The Morgan fingerprint density at radius 3 is 2.44 bits per heavy atom. The van der Waals surface area contributed by atoms with Gasteiger partial charge in [0.1, 0.15) is 0 Å². The van der Waals surface area contributed by atoms with Gasteiger partial charge in [0.2, 0.25) is 0 Å². The van der Waals surface area contributed by atoms with Crippen molar-refractivity contribution in [2.24, 2.45) is 0 Å². The molecule has 3 heteroatoms. The highest BCUT2D eigenvalue weighted by Gasteiger charge is 2.36. The first-order valence-electron chi connectivity index (χ1n) is 2.88. The average molecular weight is 133 g/mol. The van der Waals surface area contributed by atoms with Crippen LogP contribution in [-0.2, 0) is 0 Å². The molecule has 52 valence electrons. The molecule has 0 N–H and O–H groups in total. The monoisotopic (exact) mass is 133 g/mol. The van der Waals surface area contributed by atoms with E-state index in [9.17, 15) is 8.78 Å². The molecule has 1 aliphatic heterocycles. The van der Waals surface area contributed by atoms with E-state index in [0.717, 1.165) is 0 Å². The standard InChI is InChI=1S/C6H9F2N/c1-2-9-4-3-6(7,8)5-9/h2H,1,3-5H2. The SMILES string of the molecule is C=CN1CCC(F)(F)C1. The minimum absolute atomic E-state index is 0.0288. The lowest BCUT2D eigenvalue weighted by Gasteiger charge is -2.10. The summed E-state index contributed by atoms with van der Waals surface area (Å²) in [6, 6.07) is 0. The molecule has 0 amide bonds. The van der Waals surface area contributed by atoms with Gasteiger partial charge in [-0.2, -0.15) is 0 Å². The van der Waals surface area contributed by atoms with Gasteiger partial charge in [-0.1, -0.05) is 6.58 Å². The topological polar surface area (TPSA) is 3.24 Å². The van der Waals surface area contributed by atoms with Gasteiger partial charge >= 0.3 is 0 Å². The van der Waals surface area contributed by atoms with Crippen LogP contribution >= 0.6 is 0 Å². The van der Waals surface area contributed by atoms with E-state index in [1.807, 2.05) is 0 Å². The summed E-state index contributed by atoms with van der Waals surface area (Å²) in [5.74, 6) is -2.48. The minimum Gasteiger partial charge on any atom is -0.372 e. The summed E-state index contributed by atoms with van der Waals surface area (Å²) >= 11 is 0. The molecular formula is C6H9F2N. The number of nitrogens with zero attached hydrogens (tertiary/aromatic N) is 1. The number of hydrogen-bond acceptors (Lipinski definition) is 1. The van der Waals surface area contributed by atoms with Crippen molar-refractivity contribution < 1.29 is 8.78 Å². The van der Waals surface area contributed by atoms with Crippen molar-refractivity contribution in [2.75, 3.05) is 13.1 Å². The first-order valence-corrected chi connectivity index (χ1v) is 2.88. The van der Waals surface area contributed by atoms with Crippen LogP contribution in [0.2, 0.25) is 0 Å². The van der Waals surface area contributed by atoms with Crippen molar-refractivity contribution in [1.29, 1.82) is 0 Å². The Balaban J connectivity index is 2.47. The second-order valence-electron chi connectivity index (χ2n) is 2.26. The predicted molar refractivity (Wildman–Crippen MR) is 31.3 cm³/mol. The number of halogens is 2. The molecule has 9 heavy (non-hydrogen) atoms.